The van der Waals surface area contributed by atoms with Crippen molar-refractivity contribution in [3.05, 3.63) is 69.8 Å². The van der Waals surface area contributed by atoms with Gasteiger partial charge in [0.15, 0.2) is 0 Å². The lowest BCUT2D eigenvalue weighted by molar-refractivity contribution is 0.0955. The molecule has 1 aromatic heterocycles. The van der Waals surface area contributed by atoms with Crippen LogP contribution in [-0.2, 0) is 13.0 Å². The molecule has 1 N–H and O–H groups in total. The van der Waals surface area contributed by atoms with Crippen LogP contribution in [0.1, 0.15) is 41.5 Å². The van der Waals surface area contributed by atoms with E-state index in [-0.39, 0.29) is 11.5 Å². The lowest BCUT2D eigenvalue weighted by atomic mass is 10.1. The zero-order chi connectivity index (χ0) is 20.4. The Bertz CT molecular complexity index is 1160. The Morgan fingerprint density at radius 3 is 2.69 bits per heavy atom. The third-order valence-electron chi connectivity index (χ3n) is 5.13. The molecule has 3 aromatic rings. The number of ether oxygens (including phenoxy) is 1. The molecule has 0 saturated heterocycles. The quantitative estimate of drug-likeness (QED) is 0.536. The molecule has 7 nitrogen and oxygen atoms in total. The molecule has 0 unspecified atom stereocenters. The summed E-state index contributed by atoms with van der Waals surface area (Å²) >= 11 is 0. The third kappa shape index (κ3) is 3.63. The molecule has 2 aromatic carbocycles. The van der Waals surface area contributed by atoms with Crippen LogP contribution in [-0.4, -0.2) is 28.3 Å². The summed E-state index contributed by atoms with van der Waals surface area (Å²) < 4.78 is 6.89. The fourth-order valence-corrected chi connectivity index (χ4v) is 3.54. The molecule has 7 heteroatoms. The molecular weight excluding hydrogens is 368 g/mol. The number of benzene rings is 2. The van der Waals surface area contributed by atoms with E-state index >= 15 is 0 Å². The molecule has 4 rings (SSSR count). The van der Waals surface area contributed by atoms with E-state index in [0.29, 0.717) is 29.4 Å². The molecule has 1 aliphatic rings. The number of hydrogen-bond donors (Lipinski definition) is 1. The number of rotatable bonds is 5. The molecule has 148 valence electrons. The van der Waals surface area contributed by atoms with E-state index in [1.54, 1.807) is 29.9 Å². The maximum Gasteiger partial charge on any atom is 0.271 e. The number of amides is 1. The third-order valence-corrected chi connectivity index (χ3v) is 5.13. The molecule has 0 spiro atoms. The van der Waals surface area contributed by atoms with Crippen molar-refractivity contribution >= 4 is 22.5 Å². The first-order chi connectivity index (χ1) is 14.1. The van der Waals surface area contributed by atoms with Crippen molar-refractivity contribution in [3.8, 4) is 5.75 Å². The van der Waals surface area contributed by atoms with Crippen LogP contribution < -0.4 is 15.7 Å². The predicted octanol–water partition coefficient (Wildman–Crippen LogP) is 2.90. The van der Waals surface area contributed by atoms with Crippen molar-refractivity contribution in [2.45, 2.75) is 32.7 Å². The smallest absolute Gasteiger partial charge is 0.271 e. The predicted molar refractivity (Wildman–Crippen MR) is 112 cm³/mol. The summed E-state index contributed by atoms with van der Waals surface area (Å²) in [4.78, 5) is 29.7. The summed E-state index contributed by atoms with van der Waals surface area (Å²) in [5.74, 6) is 1.21. The number of carbonyl (C=O) groups is 1. The van der Waals surface area contributed by atoms with Gasteiger partial charge in [-0.2, -0.15) is 5.10 Å². The Morgan fingerprint density at radius 2 is 1.97 bits per heavy atom. The molecule has 0 fully saturated rings. The number of hydrogen-bond acceptors (Lipinski definition) is 5. The largest absolute Gasteiger partial charge is 0.497 e. The fraction of sp³-hybridized carbons (Fsp3) is 0.273. The second-order valence-electron chi connectivity index (χ2n) is 6.90. The molecule has 0 bridgehead atoms. The summed E-state index contributed by atoms with van der Waals surface area (Å²) in [5.41, 5.74) is 5.21. The van der Waals surface area contributed by atoms with Gasteiger partial charge in [0.2, 0.25) is 0 Å². The lowest BCUT2D eigenvalue weighted by Gasteiger charge is -2.08. The second-order valence-corrected chi connectivity index (χ2v) is 6.90. The van der Waals surface area contributed by atoms with Gasteiger partial charge in [-0.3, -0.25) is 14.2 Å². The number of aryl methyl sites for hydroxylation is 1. The van der Waals surface area contributed by atoms with Gasteiger partial charge in [0.1, 0.15) is 11.6 Å². The van der Waals surface area contributed by atoms with Crippen molar-refractivity contribution in [2.75, 3.05) is 7.11 Å². The van der Waals surface area contributed by atoms with Crippen LogP contribution in [0, 0.1) is 0 Å². The molecule has 2 heterocycles. The first-order valence-corrected chi connectivity index (χ1v) is 9.65. The Kier molecular flexibility index (Phi) is 5.12. The second kappa shape index (κ2) is 7.87. The summed E-state index contributed by atoms with van der Waals surface area (Å²) in [6.07, 6.45) is 2.37. The van der Waals surface area contributed by atoms with Gasteiger partial charge >= 0.3 is 0 Å². The van der Waals surface area contributed by atoms with Crippen LogP contribution in [0.15, 0.2) is 52.4 Å². The Hall–Kier alpha value is -3.48. The van der Waals surface area contributed by atoms with Crippen molar-refractivity contribution in [3.63, 3.8) is 0 Å². The van der Waals surface area contributed by atoms with Gasteiger partial charge < -0.3 is 4.74 Å². The Balaban J connectivity index is 1.58. The van der Waals surface area contributed by atoms with Crippen molar-refractivity contribution in [2.24, 2.45) is 5.10 Å². The minimum Gasteiger partial charge on any atom is -0.497 e. The first-order valence-electron chi connectivity index (χ1n) is 9.65. The van der Waals surface area contributed by atoms with E-state index < -0.39 is 0 Å². The van der Waals surface area contributed by atoms with Gasteiger partial charge in [-0.1, -0.05) is 6.92 Å². The van der Waals surface area contributed by atoms with Crippen LogP contribution in [0.2, 0.25) is 0 Å². The van der Waals surface area contributed by atoms with Gasteiger partial charge in [-0.15, -0.1) is 0 Å². The lowest BCUT2D eigenvalue weighted by Crippen LogP contribution is -2.22. The van der Waals surface area contributed by atoms with E-state index in [9.17, 15) is 9.59 Å². The molecule has 0 radical (unpaired) electrons. The molecule has 1 aliphatic heterocycles. The monoisotopic (exact) mass is 390 g/mol. The number of methoxy groups -OCH3 is 1. The van der Waals surface area contributed by atoms with E-state index in [1.165, 1.54) is 0 Å². The topological polar surface area (TPSA) is 85.6 Å². The van der Waals surface area contributed by atoms with Gasteiger partial charge in [-0.25, -0.2) is 10.4 Å². The molecule has 1 amide bonds. The molecule has 29 heavy (non-hydrogen) atoms. The highest BCUT2D eigenvalue weighted by molar-refractivity contribution is 6.02. The normalized spacial score (nSPS) is 13.4. The Morgan fingerprint density at radius 1 is 1.21 bits per heavy atom. The highest BCUT2D eigenvalue weighted by Gasteiger charge is 2.17. The van der Waals surface area contributed by atoms with E-state index in [0.717, 1.165) is 35.7 Å². The SMILES string of the molecule is CC/C(=N/NC(=O)c1ccc2c(=O)n3c(nc2c1)CCC3)c1ccc(OC)cc1. The average Bonchev–Trinajstić information content (AvgIpc) is 3.23. The number of aromatic nitrogens is 2. The van der Waals surface area contributed by atoms with Crippen LogP contribution in [0.4, 0.5) is 0 Å². The number of fused-ring (bicyclic) bond motifs is 2. The average molecular weight is 390 g/mol. The summed E-state index contributed by atoms with van der Waals surface area (Å²) in [7, 11) is 1.62. The summed E-state index contributed by atoms with van der Waals surface area (Å²) in [5, 5.41) is 4.82. The minimum absolute atomic E-state index is 0.0414. The van der Waals surface area contributed by atoms with Crippen molar-refractivity contribution in [1.29, 1.82) is 0 Å². The van der Waals surface area contributed by atoms with Gasteiger partial charge in [0, 0.05) is 18.5 Å². The number of hydrazone groups is 1. The van der Waals surface area contributed by atoms with E-state index in [1.807, 2.05) is 31.2 Å². The van der Waals surface area contributed by atoms with Crippen LogP contribution in [0.25, 0.3) is 10.9 Å². The molecular formula is C22H22N4O3. The first kappa shape index (κ1) is 18.9. The van der Waals surface area contributed by atoms with E-state index in [4.69, 9.17) is 4.74 Å². The zero-order valence-electron chi connectivity index (χ0n) is 16.4. The van der Waals surface area contributed by atoms with Crippen LogP contribution in [0.3, 0.4) is 0 Å². The molecule has 0 saturated carbocycles. The van der Waals surface area contributed by atoms with Gasteiger partial charge in [-0.05, 0) is 60.9 Å². The highest BCUT2D eigenvalue weighted by Crippen LogP contribution is 2.17. The van der Waals surface area contributed by atoms with Crippen molar-refractivity contribution in [1.82, 2.24) is 15.0 Å². The zero-order valence-corrected chi connectivity index (χ0v) is 16.4. The molecule has 0 aliphatic carbocycles. The molecule has 0 atom stereocenters. The van der Waals surface area contributed by atoms with Crippen molar-refractivity contribution < 1.29 is 9.53 Å². The Labute approximate surface area is 168 Å². The number of nitrogens with zero attached hydrogens (tertiary/aromatic N) is 3. The summed E-state index contributed by atoms with van der Waals surface area (Å²) in [6, 6.07) is 12.5. The standard InChI is InChI=1S/C22H22N4O3/c1-3-18(14-6-9-16(29-2)10-7-14)24-25-21(27)15-8-11-17-19(13-15)23-20-5-4-12-26(20)22(17)28/h6-11,13H,3-5,12H2,1-2H3,(H,25,27)/b24-18-. The number of carbonyl (C=O) groups excluding carboxylic acids is 1. The van der Waals surface area contributed by atoms with Gasteiger partial charge in [0.05, 0.1) is 23.7 Å². The summed E-state index contributed by atoms with van der Waals surface area (Å²) in [6.45, 7) is 2.68. The van der Waals surface area contributed by atoms with Crippen LogP contribution in [0.5, 0.6) is 5.75 Å². The number of nitrogens with one attached hydrogen (secondary N) is 1. The van der Waals surface area contributed by atoms with Gasteiger partial charge in [0.25, 0.3) is 11.5 Å². The minimum atomic E-state index is -0.339. The van der Waals surface area contributed by atoms with E-state index in [2.05, 4.69) is 15.5 Å². The highest BCUT2D eigenvalue weighted by atomic mass is 16.5. The van der Waals surface area contributed by atoms with Crippen LogP contribution >= 0.6 is 0 Å². The fourth-order valence-electron chi connectivity index (χ4n) is 3.54. The maximum atomic E-state index is 12.6. The maximum absolute atomic E-state index is 12.6.